The number of furan rings is 1. The summed E-state index contributed by atoms with van der Waals surface area (Å²) in [5.74, 6) is -3.59. The maximum atomic E-state index is 12.3. The van der Waals surface area contributed by atoms with E-state index in [0.717, 1.165) is 0 Å². The first-order chi connectivity index (χ1) is 14.2. The Morgan fingerprint density at radius 3 is 2.37 bits per heavy atom. The number of carbonyl (C=O) groups excluding carboxylic acids is 3. The monoisotopic (exact) mass is 439 g/mol. The van der Waals surface area contributed by atoms with E-state index in [-0.39, 0.29) is 13.2 Å². The molecular weight excluding hydrogens is 417 g/mol. The zero-order valence-corrected chi connectivity index (χ0v) is 16.9. The molecule has 2 rings (SSSR count). The average molecular weight is 439 g/mol. The summed E-state index contributed by atoms with van der Waals surface area (Å²) in [7, 11) is -5.09. The van der Waals surface area contributed by atoms with Gasteiger partial charge in [0, 0.05) is 0 Å². The molecule has 2 atom stereocenters. The van der Waals surface area contributed by atoms with E-state index in [1.807, 2.05) is 5.32 Å². The Kier molecular flexibility index (Phi) is 8.16. The number of nitrogens with one attached hydrogen (secondary N) is 3. The molecule has 0 spiro atoms. The highest BCUT2D eigenvalue weighted by molar-refractivity contribution is 7.53. The van der Waals surface area contributed by atoms with Gasteiger partial charge in [-0.1, -0.05) is 30.3 Å². The third-order valence-electron chi connectivity index (χ3n) is 3.82. The van der Waals surface area contributed by atoms with Gasteiger partial charge in [0.15, 0.2) is 0 Å². The van der Waals surface area contributed by atoms with Crippen LogP contribution >= 0.6 is 7.60 Å². The molecule has 0 radical (unpaired) electrons. The van der Waals surface area contributed by atoms with Crippen LogP contribution in [0, 0.1) is 0 Å². The topological polar surface area (TPSA) is 167 Å². The fourth-order valence-corrected chi connectivity index (χ4v) is 2.93. The lowest BCUT2D eigenvalue weighted by Gasteiger charge is -2.21. The van der Waals surface area contributed by atoms with Crippen molar-refractivity contribution in [3.63, 3.8) is 0 Å². The lowest BCUT2D eigenvalue weighted by Crippen LogP contribution is -2.52. The lowest BCUT2D eigenvalue weighted by molar-refractivity contribution is -0.128. The van der Waals surface area contributed by atoms with Crippen molar-refractivity contribution in [1.29, 1.82) is 0 Å². The lowest BCUT2D eigenvalue weighted by atomic mass is 10.2. The average Bonchev–Trinajstić information content (AvgIpc) is 3.22. The van der Waals surface area contributed by atoms with Crippen LogP contribution in [-0.4, -0.2) is 39.5 Å². The number of alkyl carbamates (subject to hydrolysis) is 1. The van der Waals surface area contributed by atoms with Crippen molar-refractivity contribution in [2.75, 3.05) is 0 Å². The third kappa shape index (κ3) is 7.36. The van der Waals surface area contributed by atoms with Gasteiger partial charge in [-0.25, -0.2) is 4.79 Å². The Labute approximate surface area is 172 Å². The maximum absolute atomic E-state index is 12.3. The zero-order valence-electron chi connectivity index (χ0n) is 16.0. The van der Waals surface area contributed by atoms with Gasteiger partial charge in [0.2, 0.25) is 11.7 Å². The number of ether oxygens (including phenoxy) is 1. The van der Waals surface area contributed by atoms with E-state index >= 15 is 0 Å². The summed E-state index contributed by atoms with van der Waals surface area (Å²) >= 11 is 0. The standard InChI is InChI=1S/C18H22N3O8P/c1-12(15(22)19-10-14-8-5-9-28-14)20-16(23)17(30(25,26)27)21-18(24)29-11-13-6-3-2-4-7-13/h2-9,12,17H,10-11H2,1H3,(H,19,22)(H,20,23)(H,21,24)(H2,25,26,27). The minimum absolute atomic E-state index is 0.0675. The van der Waals surface area contributed by atoms with Gasteiger partial charge >= 0.3 is 13.7 Å². The van der Waals surface area contributed by atoms with Gasteiger partial charge in [-0.3, -0.25) is 19.5 Å². The molecule has 0 fully saturated rings. The predicted molar refractivity (Wildman–Crippen MR) is 104 cm³/mol. The van der Waals surface area contributed by atoms with Crippen molar-refractivity contribution < 1.29 is 37.9 Å². The van der Waals surface area contributed by atoms with Gasteiger partial charge < -0.3 is 29.6 Å². The third-order valence-corrected chi connectivity index (χ3v) is 4.86. The number of hydrogen-bond donors (Lipinski definition) is 5. The number of benzene rings is 1. The van der Waals surface area contributed by atoms with Crippen molar-refractivity contribution in [2.24, 2.45) is 0 Å². The molecule has 5 N–H and O–H groups in total. The van der Waals surface area contributed by atoms with Crippen LogP contribution in [0.3, 0.4) is 0 Å². The van der Waals surface area contributed by atoms with Gasteiger partial charge in [-0.05, 0) is 24.6 Å². The number of carbonyl (C=O) groups is 3. The molecule has 2 aromatic rings. The Hall–Kier alpha value is -3.14. The van der Waals surface area contributed by atoms with Crippen molar-refractivity contribution in [3.8, 4) is 0 Å². The molecule has 0 bridgehead atoms. The van der Waals surface area contributed by atoms with E-state index in [1.165, 1.54) is 13.2 Å². The van der Waals surface area contributed by atoms with Crippen LogP contribution in [0.25, 0.3) is 0 Å². The van der Waals surface area contributed by atoms with E-state index in [1.54, 1.807) is 42.5 Å². The Morgan fingerprint density at radius 2 is 1.77 bits per heavy atom. The quantitative estimate of drug-likeness (QED) is 0.358. The first-order valence-electron chi connectivity index (χ1n) is 8.79. The maximum Gasteiger partial charge on any atom is 0.408 e. The molecule has 0 aliphatic carbocycles. The van der Waals surface area contributed by atoms with E-state index < -0.39 is 37.3 Å². The van der Waals surface area contributed by atoms with Gasteiger partial charge in [-0.15, -0.1) is 0 Å². The van der Waals surface area contributed by atoms with Crippen LogP contribution in [0.15, 0.2) is 53.1 Å². The smallest absolute Gasteiger partial charge is 0.408 e. The van der Waals surface area contributed by atoms with Crippen LogP contribution in [0.2, 0.25) is 0 Å². The number of rotatable bonds is 9. The second-order valence-corrected chi connectivity index (χ2v) is 7.92. The Morgan fingerprint density at radius 1 is 1.07 bits per heavy atom. The molecule has 11 nitrogen and oxygen atoms in total. The normalized spacial score (nSPS) is 13.0. The largest absolute Gasteiger partial charge is 0.467 e. The second-order valence-electron chi connectivity index (χ2n) is 6.23. The molecule has 30 heavy (non-hydrogen) atoms. The summed E-state index contributed by atoms with van der Waals surface area (Å²) in [6.07, 6.45) is 0.233. The van der Waals surface area contributed by atoms with Crippen LogP contribution in [0.4, 0.5) is 4.79 Å². The van der Waals surface area contributed by atoms with Gasteiger partial charge in [0.05, 0.1) is 12.8 Å². The van der Waals surface area contributed by atoms with Gasteiger partial charge in [0.1, 0.15) is 18.4 Å². The molecule has 0 saturated carbocycles. The zero-order chi connectivity index (χ0) is 22.1. The van der Waals surface area contributed by atoms with Crippen molar-refractivity contribution >= 4 is 25.5 Å². The summed E-state index contributed by atoms with van der Waals surface area (Å²) in [5, 5.41) is 6.49. The fourth-order valence-electron chi connectivity index (χ4n) is 2.28. The predicted octanol–water partition coefficient (Wildman–Crippen LogP) is 0.831. The second kappa shape index (κ2) is 10.6. The highest BCUT2D eigenvalue weighted by Gasteiger charge is 2.38. The molecule has 0 aliphatic heterocycles. The summed E-state index contributed by atoms with van der Waals surface area (Å²) < 4.78 is 21.6. The minimum atomic E-state index is -5.09. The van der Waals surface area contributed by atoms with Crippen LogP contribution in [0.1, 0.15) is 18.2 Å². The molecule has 0 saturated heterocycles. The molecule has 162 valence electrons. The van der Waals surface area contributed by atoms with E-state index in [0.29, 0.717) is 11.3 Å². The molecule has 0 aliphatic rings. The summed E-state index contributed by atoms with van der Waals surface area (Å²) in [4.78, 5) is 55.1. The SMILES string of the molecule is CC(NC(=O)C(NC(=O)OCc1ccccc1)P(=O)(O)O)C(=O)NCc1ccco1. The molecule has 1 aromatic heterocycles. The molecule has 2 unspecified atom stereocenters. The fraction of sp³-hybridized carbons (Fsp3) is 0.278. The highest BCUT2D eigenvalue weighted by atomic mass is 31.2. The van der Waals surface area contributed by atoms with Crippen LogP contribution in [0.5, 0.6) is 0 Å². The first kappa shape index (κ1) is 23.1. The Bertz CT molecular complexity index is 897. The molecular formula is C18H22N3O8P. The summed E-state index contributed by atoms with van der Waals surface area (Å²) in [6.45, 7) is 1.23. The molecule has 3 amide bonds. The number of hydrogen-bond acceptors (Lipinski definition) is 6. The van der Waals surface area contributed by atoms with E-state index in [2.05, 4.69) is 10.6 Å². The van der Waals surface area contributed by atoms with Gasteiger partial charge in [-0.2, -0.15) is 0 Å². The van der Waals surface area contributed by atoms with Crippen molar-refractivity contribution in [3.05, 3.63) is 60.1 Å². The molecule has 1 heterocycles. The minimum Gasteiger partial charge on any atom is -0.467 e. The van der Waals surface area contributed by atoms with Crippen LogP contribution in [-0.2, 0) is 32.0 Å². The van der Waals surface area contributed by atoms with E-state index in [9.17, 15) is 28.7 Å². The summed E-state index contributed by atoms with van der Waals surface area (Å²) in [5.41, 5.74) is 0.645. The van der Waals surface area contributed by atoms with Crippen molar-refractivity contribution in [1.82, 2.24) is 16.0 Å². The summed E-state index contributed by atoms with van der Waals surface area (Å²) in [6, 6.07) is 10.7. The van der Waals surface area contributed by atoms with Crippen molar-refractivity contribution in [2.45, 2.75) is 31.9 Å². The Balaban J connectivity index is 1.89. The molecule has 12 heteroatoms. The van der Waals surface area contributed by atoms with E-state index in [4.69, 9.17) is 9.15 Å². The van der Waals surface area contributed by atoms with Gasteiger partial charge in [0.25, 0.3) is 5.91 Å². The number of amides is 3. The highest BCUT2D eigenvalue weighted by Crippen LogP contribution is 2.39. The van der Waals surface area contributed by atoms with Crippen LogP contribution < -0.4 is 16.0 Å². The first-order valence-corrected chi connectivity index (χ1v) is 10.5. The molecule has 1 aromatic carbocycles.